The molecule has 1 amide bonds. The van der Waals surface area contributed by atoms with Crippen LogP contribution in [0.25, 0.3) is 0 Å². The SMILES string of the molecule is CC(=O)NC(C(=O)O)c1cc(Br)c2c(c1)OCO2. The minimum absolute atomic E-state index is 0.0925. The Morgan fingerprint density at radius 2 is 2.17 bits per heavy atom. The number of carboxylic acid groups (broad SMARTS) is 1. The first-order valence-electron chi connectivity index (χ1n) is 5.08. The second kappa shape index (κ2) is 4.85. The van der Waals surface area contributed by atoms with Crippen LogP contribution < -0.4 is 14.8 Å². The average Bonchev–Trinajstić information content (AvgIpc) is 2.73. The van der Waals surface area contributed by atoms with Crippen LogP contribution >= 0.6 is 15.9 Å². The third-order valence-corrected chi connectivity index (χ3v) is 2.97. The van der Waals surface area contributed by atoms with Crippen molar-refractivity contribution in [2.24, 2.45) is 0 Å². The molecule has 0 fully saturated rings. The van der Waals surface area contributed by atoms with E-state index in [1.807, 2.05) is 0 Å². The average molecular weight is 316 g/mol. The number of carboxylic acids is 1. The molecule has 1 aliphatic heterocycles. The van der Waals surface area contributed by atoms with Crippen molar-refractivity contribution in [1.29, 1.82) is 0 Å². The molecule has 1 atom stereocenters. The first-order chi connectivity index (χ1) is 8.49. The molecular formula is C11H10BrNO5. The summed E-state index contributed by atoms with van der Waals surface area (Å²) in [5.74, 6) is -0.575. The predicted octanol–water partition coefficient (Wildman–Crippen LogP) is 1.44. The molecule has 96 valence electrons. The van der Waals surface area contributed by atoms with Crippen molar-refractivity contribution in [1.82, 2.24) is 5.32 Å². The highest BCUT2D eigenvalue weighted by Gasteiger charge is 2.25. The molecule has 7 heteroatoms. The molecule has 0 aliphatic carbocycles. The smallest absolute Gasteiger partial charge is 0.330 e. The van der Waals surface area contributed by atoms with Crippen molar-refractivity contribution < 1.29 is 24.2 Å². The zero-order chi connectivity index (χ0) is 13.3. The number of rotatable bonds is 3. The van der Waals surface area contributed by atoms with Crippen LogP contribution in [0.2, 0.25) is 0 Å². The lowest BCUT2D eigenvalue weighted by Crippen LogP contribution is -2.31. The van der Waals surface area contributed by atoms with Gasteiger partial charge in [-0.2, -0.15) is 0 Å². The summed E-state index contributed by atoms with van der Waals surface area (Å²) in [6.45, 7) is 1.35. The van der Waals surface area contributed by atoms with Gasteiger partial charge in [0.15, 0.2) is 17.5 Å². The predicted molar refractivity (Wildman–Crippen MR) is 64.5 cm³/mol. The molecule has 0 aromatic heterocycles. The third kappa shape index (κ3) is 2.40. The van der Waals surface area contributed by atoms with Gasteiger partial charge in [0.25, 0.3) is 0 Å². The summed E-state index contributed by atoms with van der Waals surface area (Å²) in [6, 6.07) is 2.01. The summed E-state index contributed by atoms with van der Waals surface area (Å²) in [7, 11) is 0. The van der Waals surface area contributed by atoms with Gasteiger partial charge in [-0.05, 0) is 33.6 Å². The second-order valence-corrected chi connectivity index (χ2v) is 4.56. The number of halogens is 1. The molecular weight excluding hydrogens is 306 g/mol. The molecule has 1 heterocycles. The van der Waals surface area contributed by atoms with E-state index in [1.54, 1.807) is 12.1 Å². The van der Waals surface area contributed by atoms with E-state index < -0.39 is 17.9 Å². The number of carbonyl (C=O) groups excluding carboxylic acids is 1. The van der Waals surface area contributed by atoms with Gasteiger partial charge < -0.3 is 19.9 Å². The van der Waals surface area contributed by atoms with E-state index in [1.165, 1.54) is 6.92 Å². The van der Waals surface area contributed by atoms with Gasteiger partial charge in [-0.25, -0.2) is 4.79 Å². The fourth-order valence-electron chi connectivity index (χ4n) is 1.64. The molecule has 0 bridgehead atoms. The van der Waals surface area contributed by atoms with Crippen molar-refractivity contribution in [3.05, 3.63) is 22.2 Å². The van der Waals surface area contributed by atoms with Crippen molar-refractivity contribution >= 4 is 27.8 Å². The Morgan fingerprint density at radius 1 is 1.44 bits per heavy atom. The first-order valence-corrected chi connectivity index (χ1v) is 5.87. The number of ether oxygens (including phenoxy) is 2. The number of benzene rings is 1. The third-order valence-electron chi connectivity index (χ3n) is 2.38. The van der Waals surface area contributed by atoms with Gasteiger partial charge in [0, 0.05) is 6.92 Å². The van der Waals surface area contributed by atoms with Gasteiger partial charge in [0.1, 0.15) is 0 Å². The topological polar surface area (TPSA) is 84.9 Å². The molecule has 0 saturated heterocycles. The summed E-state index contributed by atoms with van der Waals surface area (Å²) >= 11 is 3.27. The van der Waals surface area contributed by atoms with E-state index in [2.05, 4.69) is 21.2 Å². The van der Waals surface area contributed by atoms with Gasteiger partial charge in [-0.3, -0.25) is 4.79 Å². The normalized spacial score (nSPS) is 14.1. The largest absolute Gasteiger partial charge is 0.479 e. The molecule has 2 N–H and O–H groups in total. The Kier molecular flexibility index (Phi) is 3.42. The van der Waals surface area contributed by atoms with Crippen molar-refractivity contribution in [2.45, 2.75) is 13.0 Å². The number of fused-ring (bicyclic) bond motifs is 1. The molecule has 1 aromatic carbocycles. The van der Waals surface area contributed by atoms with Crippen LogP contribution in [0.1, 0.15) is 18.5 Å². The molecule has 2 rings (SSSR count). The van der Waals surface area contributed by atoms with Crippen LogP contribution in [-0.2, 0) is 9.59 Å². The minimum Gasteiger partial charge on any atom is -0.479 e. The maximum Gasteiger partial charge on any atom is 0.330 e. The standard InChI is InChI=1S/C11H10BrNO5/c1-5(14)13-9(11(15)16)6-2-7(12)10-8(3-6)17-4-18-10/h2-3,9H,4H2,1H3,(H,13,14)(H,15,16). The Labute approximate surface area is 111 Å². The maximum absolute atomic E-state index is 11.1. The summed E-state index contributed by atoms with van der Waals surface area (Å²) in [5.41, 5.74) is 0.411. The molecule has 6 nitrogen and oxygen atoms in total. The number of hydrogen-bond acceptors (Lipinski definition) is 4. The van der Waals surface area contributed by atoms with E-state index >= 15 is 0 Å². The molecule has 18 heavy (non-hydrogen) atoms. The van der Waals surface area contributed by atoms with Crippen molar-refractivity contribution in [2.75, 3.05) is 6.79 Å². The summed E-state index contributed by atoms with van der Waals surface area (Å²) in [6.07, 6.45) is 0. The van der Waals surface area contributed by atoms with Crippen LogP contribution in [0.4, 0.5) is 0 Å². The highest BCUT2D eigenvalue weighted by molar-refractivity contribution is 9.10. The molecule has 0 radical (unpaired) electrons. The van der Waals surface area contributed by atoms with Gasteiger partial charge in [0.2, 0.25) is 12.7 Å². The Morgan fingerprint density at radius 3 is 2.78 bits per heavy atom. The lowest BCUT2D eigenvalue weighted by Gasteiger charge is -2.14. The van der Waals surface area contributed by atoms with Crippen molar-refractivity contribution in [3.63, 3.8) is 0 Å². The van der Waals surface area contributed by atoms with Gasteiger partial charge >= 0.3 is 5.97 Å². The Hall–Kier alpha value is -1.76. The second-order valence-electron chi connectivity index (χ2n) is 3.71. The van der Waals surface area contributed by atoms with E-state index in [0.29, 0.717) is 21.5 Å². The summed E-state index contributed by atoms with van der Waals surface area (Å²) in [5, 5.41) is 11.5. The van der Waals surface area contributed by atoms with Gasteiger partial charge in [0.05, 0.1) is 4.47 Å². The van der Waals surface area contributed by atoms with E-state index in [9.17, 15) is 9.59 Å². The van der Waals surface area contributed by atoms with Crippen LogP contribution in [0, 0.1) is 0 Å². The quantitative estimate of drug-likeness (QED) is 0.881. The van der Waals surface area contributed by atoms with Crippen LogP contribution in [-0.4, -0.2) is 23.8 Å². The number of carbonyl (C=O) groups is 2. The van der Waals surface area contributed by atoms with E-state index in [0.717, 1.165) is 0 Å². The van der Waals surface area contributed by atoms with E-state index in [4.69, 9.17) is 14.6 Å². The van der Waals surface area contributed by atoms with Gasteiger partial charge in [-0.1, -0.05) is 0 Å². The number of nitrogens with one attached hydrogen (secondary N) is 1. The maximum atomic E-state index is 11.1. The number of amides is 1. The Balaban J connectivity index is 2.39. The molecule has 1 unspecified atom stereocenters. The van der Waals surface area contributed by atoms with Crippen LogP contribution in [0.3, 0.4) is 0 Å². The monoisotopic (exact) mass is 315 g/mol. The number of aliphatic carboxylic acids is 1. The highest BCUT2D eigenvalue weighted by atomic mass is 79.9. The molecule has 0 saturated carbocycles. The fraction of sp³-hybridized carbons (Fsp3) is 0.273. The molecule has 1 aliphatic rings. The zero-order valence-electron chi connectivity index (χ0n) is 9.40. The molecule has 0 spiro atoms. The summed E-state index contributed by atoms with van der Waals surface area (Å²) in [4.78, 5) is 22.2. The lowest BCUT2D eigenvalue weighted by molar-refractivity contribution is -0.141. The first kappa shape index (κ1) is 12.7. The van der Waals surface area contributed by atoms with Crippen molar-refractivity contribution in [3.8, 4) is 11.5 Å². The fourth-order valence-corrected chi connectivity index (χ4v) is 2.22. The van der Waals surface area contributed by atoms with Crippen LogP contribution in [0.15, 0.2) is 16.6 Å². The van der Waals surface area contributed by atoms with E-state index in [-0.39, 0.29) is 6.79 Å². The summed E-state index contributed by atoms with van der Waals surface area (Å²) < 4.78 is 11.0. The lowest BCUT2D eigenvalue weighted by atomic mass is 10.1. The van der Waals surface area contributed by atoms with Crippen LogP contribution in [0.5, 0.6) is 11.5 Å². The zero-order valence-corrected chi connectivity index (χ0v) is 11.0. The molecule has 1 aromatic rings. The number of hydrogen-bond donors (Lipinski definition) is 2. The minimum atomic E-state index is -1.14. The van der Waals surface area contributed by atoms with Gasteiger partial charge in [-0.15, -0.1) is 0 Å². The highest BCUT2D eigenvalue weighted by Crippen LogP contribution is 2.41. The Bertz CT molecular complexity index is 516.